The fourth-order valence-corrected chi connectivity index (χ4v) is 13.9. The van der Waals surface area contributed by atoms with Crippen molar-refractivity contribution in [2.75, 3.05) is 4.90 Å². The van der Waals surface area contributed by atoms with Crippen LogP contribution in [0.1, 0.15) is 94.9 Å². The van der Waals surface area contributed by atoms with Crippen molar-refractivity contribution >= 4 is 27.8 Å². The fraction of sp³-hybridized carbons (Fsp3) is 0.358. The molecule has 2 spiro atoms. The maximum Gasteiger partial charge on any atom is 0.133 e. The Morgan fingerprint density at radius 1 is 0.527 bits per heavy atom. The van der Waals surface area contributed by atoms with Gasteiger partial charge in [-0.05, 0) is 154 Å². The van der Waals surface area contributed by atoms with E-state index >= 15 is 0 Å². The van der Waals surface area contributed by atoms with E-state index in [0.717, 1.165) is 46.5 Å². The molecule has 6 aromatic carbocycles. The van der Waals surface area contributed by atoms with Crippen molar-refractivity contribution < 1.29 is 4.74 Å². The molecule has 4 saturated carbocycles. The molecule has 2 nitrogen and oxygen atoms in total. The molecule has 55 heavy (non-hydrogen) atoms. The average Bonchev–Trinajstić information content (AvgIpc) is 3.59. The number of ether oxygens (including phenoxy) is 1. The van der Waals surface area contributed by atoms with E-state index in [1.165, 1.54) is 94.8 Å². The zero-order valence-corrected chi connectivity index (χ0v) is 32.7. The van der Waals surface area contributed by atoms with Crippen molar-refractivity contribution in [2.24, 2.45) is 29.1 Å². The molecule has 6 aliphatic rings. The van der Waals surface area contributed by atoms with Crippen LogP contribution in [0.15, 0.2) is 127 Å². The zero-order valence-electron chi connectivity index (χ0n) is 32.7. The highest BCUT2D eigenvalue weighted by Gasteiger charge is 2.79. The van der Waals surface area contributed by atoms with Crippen LogP contribution in [0, 0.1) is 29.1 Å². The third-order valence-electron chi connectivity index (χ3n) is 16.2. The van der Waals surface area contributed by atoms with Crippen LogP contribution < -0.4 is 9.64 Å². The number of fused-ring (bicyclic) bond motifs is 10. The molecule has 274 valence electrons. The minimum atomic E-state index is 0.0684. The number of anilines is 3. The first-order valence-electron chi connectivity index (χ1n) is 21.1. The lowest BCUT2D eigenvalue weighted by Crippen LogP contribution is -2.64. The number of para-hydroxylation sites is 1. The van der Waals surface area contributed by atoms with E-state index in [1.54, 1.807) is 0 Å². The Labute approximate surface area is 326 Å². The lowest BCUT2D eigenvalue weighted by Gasteiger charge is -2.66. The molecule has 0 saturated heterocycles. The third-order valence-corrected chi connectivity index (χ3v) is 16.2. The third kappa shape index (κ3) is 4.27. The molecule has 2 heteroatoms. The molecule has 4 fully saturated rings. The first-order valence-corrected chi connectivity index (χ1v) is 21.1. The van der Waals surface area contributed by atoms with Crippen LogP contribution in [-0.2, 0) is 16.2 Å². The number of rotatable bonds is 4. The van der Waals surface area contributed by atoms with E-state index in [9.17, 15) is 0 Å². The molecule has 0 radical (unpaired) electrons. The lowest BCUT2D eigenvalue weighted by atomic mass is 9.37. The van der Waals surface area contributed by atoms with E-state index in [-0.39, 0.29) is 16.2 Å². The van der Waals surface area contributed by atoms with Crippen molar-refractivity contribution in [3.05, 3.63) is 150 Å². The van der Waals surface area contributed by atoms with Crippen LogP contribution in [0.4, 0.5) is 17.1 Å². The van der Waals surface area contributed by atoms with Gasteiger partial charge < -0.3 is 9.64 Å². The molecule has 0 amide bonds. The highest BCUT2D eigenvalue weighted by atomic mass is 16.5. The molecule has 4 atom stereocenters. The van der Waals surface area contributed by atoms with Crippen molar-refractivity contribution in [2.45, 2.75) is 88.9 Å². The quantitative estimate of drug-likeness (QED) is 0.180. The monoisotopic (exact) mass is 717 g/mol. The Morgan fingerprint density at radius 3 is 1.93 bits per heavy atom. The van der Waals surface area contributed by atoms with Gasteiger partial charge in [0.05, 0.1) is 0 Å². The van der Waals surface area contributed by atoms with Crippen molar-refractivity contribution in [3.8, 4) is 22.6 Å². The summed E-state index contributed by atoms with van der Waals surface area (Å²) in [6, 6.07) is 48.4. The maximum absolute atomic E-state index is 7.05. The summed E-state index contributed by atoms with van der Waals surface area (Å²) in [6.07, 6.45) is 9.57. The molecule has 3 bridgehead atoms. The Bertz CT molecular complexity index is 2530. The summed E-state index contributed by atoms with van der Waals surface area (Å²) in [5, 5.41) is 2.56. The molecule has 6 aromatic rings. The van der Waals surface area contributed by atoms with Crippen LogP contribution >= 0.6 is 0 Å². The van der Waals surface area contributed by atoms with Gasteiger partial charge in [0.15, 0.2) is 0 Å². The largest absolute Gasteiger partial charge is 0.457 e. The summed E-state index contributed by atoms with van der Waals surface area (Å²) in [4.78, 5) is 2.49. The van der Waals surface area contributed by atoms with Crippen LogP contribution in [0.2, 0.25) is 0 Å². The minimum absolute atomic E-state index is 0.0684. The standard InChI is InChI=1S/C53H51NO/c1-50(2)24-25-51(3,4)45-29-38(20-22-42(45)50)54(37-18-16-36(17-19-37)41-13-9-11-35-10-5-6-12-40(35)41)39-21-23-44-47(30-39)55-46-15-8-7-14-43(46)53(44)48-27-33-26-34-28-49(53)52(48,31-33)32-34/h5-23,29-30,33-34,48-49H,24-28,31-32H2,1-4H3. The van der Waals surface area contributed by atoms with E-state index in [4.69, 9.17) is 4.74 Å². The van der Waals surface area contributed by atoms with Crippen molar-refractivity contribution in [3.63, 3.8) is 0 Å². The van der Waals surface area contributed by atoms with Gasteiger partial charge in [-0.15, -0.1) is 0 Å². The number of hydrogen-bond acceptors (Lipinski definition) is 2. The van der Waals surface area contributed by atoms with Gasteiger partial charge in [0.2, 0.25) is 0 Å². The van der Waals surface area contributed by atoms with Crippen molar-refractivity contribution in [1.82, 2.24) is 0 Å². The van der Waals surface area contributed by atoms with E-state index in [1.807, 2.05) is 0 Å². The van der Waals surface area contributed by atoms with Gasteiger partial charge in [-0.2, -0.15) is 0 Å². The topological polar surface area (TPSA) is 12.5 Å². The molecule has 12 rings (SSSR count). The second-order valence-corrected chi connectivity index (χ2v) is 19.7. The molecular weight excluding hydrogens is 667 g/mol. The summed E-state index contributed by atoms with van der Waals surface area (Å²) in [6.45, 7) is 9.72. The van der Waals surface area contributed by atoms with Gasteiger partial charge in [-0.1, -0.05) is 113 Å². The number of nitrogens with zero attached hydrogens (tertiary/aromatic N) is 1. The van der Waals surface area contributed by atoms with Gasteiger partial charge in [-0.25, -0.2) is 0 Å². The van der Waals surface area contributed by atoms with E-state index < -0.39 is 0 Å². The molecule has 1 heterocycles. The minimum Gasteiger partial charge on any atom is -0.457 e. The Morgan fingerprint density at radius 2 is 1.15 bits per heavy atom. The van der Waals surface area contributed by atoms with Crippen LogP contribution in [0.25, 0.3) is 21.9 Å². The molecule has 5 aliphatic carbocycles. The van der Waals surface area contributed by atoms with Crippen LogP contribution in [0.3, 0.4) is 0 Å². The number of benzene rings is 6. The Balaban J connectivity index is 1.02. The second kappa shape index (κ2) is 10.9. The van der Waals surface area contributed by atoms with Crippen LogP contribution in [-0.4, -0.2) is 0 Å². The summed E-state index contributed by atoms with van der Waals surface area (Å²) in [5.74, 6) is 5.42. The Kier molecular flexibility index (Phi) is 6.45. The predicted molar refractivity (Wildman–Crippen MR) is 226 cm³/mol. The summed E-state index contributed by atoms with van der Waals surface area (Å²) in [7, 11) is 0. The van der Waals surface area contributed by atoms with E-state index in [0.29, 0.717) is 5.41 Å². The average molecular weight is 718 g/mol. The molecule has 1 aliphatic heterocycles. The number of hydrogen-bond donors (Lipinski definition) is 0. The van der Waals surface area contributed by atoms with Gasteiger partial charge in [0.25, 0.3) is 0 Å². The highest BCUT2D eigenvalue weighted by molar-refractivity contribution is 5.97. The predicted octanol–water partition coefficient (Wildman–Crippen LogP) is 14.2. The lowest BCUT2D eigenvalue weighted by molar-refractivity contribution is -0.0882. The van der Waals surface area contributed by atoms with Crippen LogP contribution in [0.5, 0.6) is 11.5 Å². The summed E-state index contributed by atoms with van der Waals surface area (Å²) < 4.78 is 7.05. The van der Waals surface area contributed by atoms with Gasteiger partial charge >= 0.3 is 0 Å². The smallest absolute Gasteiger partial charge is 0.133 e. The second-order valence-electron chi connectivity index (χ2n) is 19.7. The molecule has 0 N–H and O–H groups in total. The SMILES string of the molecule is CC1(C)CCC(C)(C)c2cc(N(c3ccc(-c4cccc5ccccc45)cc3)c3ccc4c(c3)Oc3ccccc3C43C4CC5CC6CC3C4(C5)C6)ccc21. The molecular formula is C53H51NO. The summed E-state index contributed by atoms with van der Waals surface area (Å²) >= 11 is 0. The maximum atomic E-state index is 7.05. The molecule has 4 unspecified atom stereocenters. The highest BCUT2D eigenvalue weighted by Crippen LogP contribution is 2.84. The van der Waals surface area contributed by atoms with Gasteiger partial charge in [0.1, 0.15) is 11.5 Å². The van der Waals surface area contributed by atoms with Gasteiger partial charge in [0, 0.05) is 39.7 Å². The first kappa shape index (κ1) is 32.4. The van der Waals surface area contributed by atoms with Crippen molar-refractivity contribution in [1.29, 1.82) is 0 Å². The van der Waals surface area contributed by atoms with Gasteiger partial charge in [-0.3, -0.25) is 0 Å². The molecule has 0 aromatic heterocycles. The summed E-state index contributed by atoms with van der Waals surface area (Å²) in [5.41, 5.74) is 12.8. The first-order chi connectivity index (χ1) is 26.7. The van der Waals surface area contributed by atoms with E-state index in [2.05, 4.69) is 160 Å². The normalized spacial score (nSPS) is 29.5. The zero-order chi connectivity index (χ0) is 36.9. The fourth-order valence-electron chi connectivity index (χ4n) is 13.9. The Hall–Kier alpha value is -4.82.